The molecule has 1 atom stereocenters. The summed E-state index contributed by atoms with van der Waals surface area (Å²) in [6.45, 7) is 2.04. The van der Waals surface area contributed by atoms with Crippen molar-refractivity contribution in [2.45, 2.75) is 32.2 Å². The molecule has 0 aliphatic carbocycles. The number of aromatic nitrogens is 2. The maximum absolute atomic E-state index is 11.2. The lowest BCUT2D eigenvalue weighted by Gasteiger charge is -2.12. The molecule has 2 rings (SSSR count). The van der Waals surface area contributed by atoms with Gasteiger partial charge in [0.2, 0.25) is 5.13 Å². The highest BCUT2D eigenvalue weighted by Gasteiger charge is 2.18. The molecule has 0 bridgehead atoms. The molecule has 2 aromatic rings. The van der Waals surface area contributed by atoms with Gasteiger partial charge in [-0.15, -0.1) is 10.2 Å². The van der Waals surface area contributed by atoms with Crippen LogP contribution in [-0.2, 0) is 4.79 Å². The Hall–Kier alpha value is -1.95. The summed E-state index contributed by atoms with van der Waals surface area (Å²) >= 11 is 1.37. The lowest BCUT2D eigenvalue weighted by atomic mass is 10.1. The van der Waals surface area contributed by atoms with Gasteiger partial charge in [-0.1, -0.05) is 61.4 Å². The van der Waals surface area contributed by atoms with Gasteiger partial charge in [0.05, 0.1) is 0 Å². The van der Waals surface area contributed by atoms with E-state index < -0.39 is 12.0 Å². The summed E-state index contributed by atoms with van der Waals surface area (Å²) in [5, 5.41) is 21.6. The number of carbonyl (C=O) groups is 1. The Bertz CT molecular complexity index is 557. The van der Waals surface area contributed by atoms with Crippen LogP contribution in [0.4, 0.5) is 5.13 Å². The zero-order chi connectivity index (χ0) is 14.4. The SMILES string of the molecule is CCCCC(Nc1nnc(-c2ccccc2)s1)C(=O)O. The third kappa shape index (κ3) is 3.77. The van der Waals surface area contributed by atoms with Crippen LogP contribution in [0.3, 0.4) is 0 Å². The van der Waals surface area contributed by atoms with Crippen LogP contribution in [0.25, 0.3) is 10.6 Å². The Balaban J connectivity index is 2.06. The first kappa shape index (κ1) is 14.5. The molecule has 1 unspecified atom stereocenters. The van der Waals surface area contributed by atoms with Crippen molar-refractivity contribution in [3.05, 3.63) is 30.3 Å². The van der Waals surface area contributed by atoms with E-state index in [1.54, 1.807) is 0 Å². The topological polar surface area (TPSA) is 75.1 Å². The molecule has 5 nitrogen and oxygen atoms in total. The summed E-state index contributed by atoms with van der Waals surface area (Å²) in [7, 11) is 0. The quantitative estimate of drug-likeness (QED) is 0.819. The van der Waals surface area contributed by atoms with Crippen molar-refractivity contribution in [2.75, 3.05) is 5.32 Å². The molecule has 0 aliphatic heterocycles. The van der Waals surface area contributed by atoms with Crippen LogP contribution in [0.5, 0.6) is 0 Å². The van der Waals surface area contributed by atoms with Crippen LogP contribution in [0.2, 0.25) is 0 Å². The number of unbranched alkanes of at least 4 members (excludes halogenated alkanes) is 1. The number of carboxylic acid groups (broad SMARTS) is 1. The Morgan fingerprint density at radius 2 is 2.10 bits per heavy atom. The highest BCUT2D eigenvalue weighted by atomic mass is 32.1. The number of aliphatic carboxylic acids is 1. The second-order valence-electron chi connectivity index (χ2n) is 4.46. The van der Waals surface area contributed by atoms with Gasteiger partial charge < -0.3 is 10.4 Å². The fraction of sp³-hybridized carbons (Fsp3) is 0.357. The van der Waals surface area contributed by atoms with Gasteiger partial charge in [-0.3, -0.25) is 0 Å². The van der Waals surface area contributed by atoms with E-state index in [1.165, 1.54) is 11.3 Å². The van der Waals surface area contributed by atoms with Gasteiger partial charge in [-0.2, -0.15) is 0 Å². The molecule has 0 fully saturated rings. The monoisotopic (exact) mass is 291 g/mol. The van der Waals surface area contributed by atoms with E-state index in [-0.39, 0.29) is 0 Å². The predicted octanol–water partition coefficient (Wildman–Crippen LogP) is 3.26. The molecule has 0 saturated carbocycles. The Labute approximate surface area is 121 Å². The predicted molar refractivity (Wildman–Crippen MR) is 79.9 cm³/mol. The molecule has 20 heavy (non-hydrogen) atoms. The molecule has 1 aromatic carbocycles. The van der Waals surface area contributed by atoms with Gasteiger partial charge >= 0.3 is 5.97 Å². The minimum atomic E-state index is -0.852. The first-order chi connectivity index (χ1) is 9.70. The average molecular weight is 291 g/mol. The first-order valence-corrected chi connectivity index (χ1v) is 7.40. The van der Waals surface area contributed by atoms with E-state index in [1.807, 2.05) is 37.3 Å². The highest BCUT2D eigenvalue weighted by Crippen LogP contribution is 2.26. The first-order valence-electron chi connectivity index (χ1n) is 6.59. The molecule has 2 N–H and O–H groups in total. The van der Waals surface area contributed by atoms with Crippen molar-refractivity contribution >= 4 is 22.4 Å². The molecule has 0 spiro atoms. The third-order valence-electron chi connectivity index (χ3n) is 2.89. The number of hydrogen-bond acceptors (Lipinski definition) is 5. The number of hydrogen-bond donors (Lipinski definition) is 2. The summed E-state index contributed by atoms with van der Waals surface area (Å²) in [5.74, 6) is -0.852. The molecule has 0 saturated heterocycles. The number of rotatable bonds is 7. The zero-order valence-corrected chi connectivity index (χ0v) is 12.1. The van der Waals surface area contributed by atoms with Crippen molar-refractivity contribution in [2.24, 2.45) is 0 Å². The van der Waals surface area contributed by atoms with Crippen LogP contribution in [0.15, 0.2) is 30.3 Å². The summed E-state index contributed by atoms with van der Waals surface area (Å²) in [4.78, 5) is 11.2. The molecule has 0 aliphatic rings. The maximum Gasteiger partial charge on any atom is 0.326 e. The van der Waals surface area contributed by atoms with Gasteiger partial charge in [-0.05, 0) is 6.42 Å². The lowest BCUT2D eigenvalue weighted by Crippen LogP contribution is -2.29. The smallest absolute Gasteiger partial charge is 0.326 e. The van der Waals surface area contributed by atoms with E-state index in [0.29, 0.717) is 11.6 Å². The fourth-order valence-electron chi connectivity index (χ4n) is 1.79. The van der Waals surface area contributed by atoms with Crippen LogP contribution in [-0.4, -0.2) is 27.3 Å². The summed E-state index contributed by atoms with van der Waals surface area (Å²) < 4.78 is 0. The van der Waals surface area contributed by atoms with E-state index in [2.05, 4.69) is 15.5 Å². The molecular formula is C14H17N3O2S. The fourth-order valence-corrected chi connectivity index (χ4v) is 2.60. The number of anilines is 1. The summed E-state index contributed by atoms with van der Waals surface area (Å²) in [6.07, 6.45) is 2.43. The minimum absolute atomic E-state index is 0.548. The minimum Gasteiger partial charge on any atom is -0.480 e. The lowest BCUT2D eigenvalue weighted by molar-refractivity contribution is -0.138. The number of nitrogens with one attached hydrogen (secondary N) is 1. The van der Waals surface area contributed by atoms with E-state index in [4.69, 9.17) is 0 Å². The molecular weight excluding hydrogens is 274 g/mol. The van der Waals surface area contributed by atoms with Crippen LogP contribution in [0.1, 0.15) is 26.2 Å². The molecule has 106 valence electrons. The summed E-state index contributed by atoms with van der Waals surface area (Å²) in [5.41, 5.74) is 0.985. The van der Waals surface area contributed by atoms with E-state index in [0.717, 1.165) is 23.4 Å². The van der Waals surface area contributed by atoms with Crippen molar-refractivity contribution in [1.82, 2.24) is 10.2 Å². The van der Waals surface area contributed by atoms with Crippen molar-refractivity contribution in [1.29, 1.82) is 0 Å². The largest absolute Gasteiger partial charge is 0.480 e. The van der Waals surface area contributed by atoms with Crippen LogP contribution >= 0.6 is 11.3 Å². The second kappa shape index (κ2) is 7.00. The molecule has 0 radical (unpaired) electrons. The standard InChI is InChI=1S/C14H17N3O2S/c1-2-3-9-11(13(18)19)15-14-17-16-12(20-14)10-7-5-4-6-8-10/h4-8,11H,2-3,9H2,1H3,(H,15,17)(H,18,19). The third-order valence-corrected chi connectivity index (χ3v) is 3.79. The average Bonchev–Trinajstić information content (AvgIpc) is 2.92. The van der Waals surface area contributed by atoms with Crippen LogP contribution in [0, 0.1) is 0 Å². The molecule has 0 amide bonds. The van der Waals surface area contributed by atoms with Crippen molar-refractivity contribution in [3.63, 3.8) is 0 Å². The Morgan fingerprint density at radius 1 is 1.35 bits per heavy atom. The number of nitrogens with zero attached hydrogens (tertiary/aromatic N) is 2. The molecule has 6 heteroatoms. The zero-order valence-electron chi connectivity index (χ0n) is 11.2. The van der Waals surface area contributed by atoms with Gasteiger partial charge in [0.15, 0.2) is 0 Å². The Morgan fingerprint density at radius 3 is 2.75 bits per heavy atom. The van der Waals surface area contributed by atoms with E-state index in [9.17, 15) is 9.90 Å². The van der Waals surface area contributed by atoms with Gasteiger partial charge in [0.1, 0.15) is 11.0 Å². The number of benzene rings is 1. The molecule has 1 heterocycles. The van der Waals surface area contributed by atoms with Crippen LogP contribution < -0.4 is 5.32 Å². The van der Waals surface area contributed by atoms with E-state index >= 15 is 0 Å². The second-order valence-corrected chi connectivity index (χ2v) is 5.43. The Kier molecular flexibility index (Phi) is 5.06. The van der Waals surface area contributed by atoms with Gasteiger partial charge in [0.25, 0.3) is 0 Å². The normalized spacial score (nSPS) is 12.1. The van der Waals surface area contributed by atoms with Crippen molar-refractivity contribution in [3.8, 4) is 10.6 Å². The van der Waals surface area contributed by atoms with Crippen molar-refractivity contribution < 1.29 is 9.90 Å². The maximum atomic E-state index is 11.2. The van der Waals surface area contributed by atoms with Gasteiger partial charge in [-0.25, -0.2) is 4.79 Å². The summed E-state index contributed by atoms with van der Waals surface area (Å²) in [6, 6.07) is 9.11. The molecule has 1 aromatic heterocycles. The highest BCUT2D eigenvalue weighted by molar-refractivity contribution is 7.18. The van der Waals surface area contributed by atoms with Gasteiger partial charge in [0, 0.05) is 5.56 Å². The number of carboxylic acids is 1.